The molecular weight excluding hydrogens is 388 g/mol. The fourth-order valence-electron chi connectivity index (χ4n) is 3.29. The number of H-pyrrole nitrogens is 1. The van der Waals surface area contributed by atoms with Crippen LogP contribution in [0, 0.1) is 0 Å². The summed E-state index contributed by atoms with van der Waals surface area (Å²) in [6.07, 6.45) is -2.04. The van der Waals surface area contributed by atoms with Crippen molar-refractivity contribution in [3.05, 3.63) is 89.2 Å². The molecule has 1 amide bonds. The molecule has 1 aromatic heterocycles. The van der Waals surface area contributed by atoms with Crippen LogP contribution in [0.5, 0.6) is 5.75 Å². The van der Waals surface area contributed by atoms with Crippen molar-refractivity contribution in [2.45, 2.75) is 12.8 Å². The minimum Gasteiger partial charge on any atom is -0.496 e. The highest BCUT2D eigenvalue weighted by Gasteiger charge is 2.15. The zero-order valence-corrected chi connectivity index (χ0v) is 16.2. The number of ether oxygens (including phenoxy) is 1. The molecule has 4 rings (SSSR count). The van der Waals surface area contributed by atoms with E-state index in [0.29, 0.717) is 28.7 Å². The Morgan fingerprint density at radius 1 is 1.10 bits per heavy atom. The lowest BCUT2D eigenvalue weighted by Gasteiger charge is -2.12. The number of carbonyl (C=O) groups is 1. The molecule has 2 N–H and O–H groups in total. The number of fused-ring (bicyclic) bond motifs is 1. The molecule has 0 saturated carbocycles. The SMILES string of the molecule is COc1ccc(NC(=O)c2ccc3nc(C(F)F)[nH]c3c2)cc1Cc1ccccc1. The molecular formula is C23H19F2N3O2. The largest absolute Gasteiger partial charge is 0.496 e. The molecule has 5 nitrogen and oxygen atoms in total. The fourth-order valence-corrected chi connectivity index (χ4v) is 3.29. The monoisotopic (exact) mass is 407 g/mol. The normalized spacial score (nSPS) is 11.1. The van der Waals surface area contributed by atoms with Crippen LogP contribution in [-0.2, 0) is 6.42 Å². The third-order valence-electron chi connectivity index (χ3n) is 4.74. The first kappa shape index (κ1) is 19.6. The van der Waals surface area contributed by atoms with Crippen molar-refractivity contribution in [3.8, 4) is 5.75 Å². The second-order valence-electron chi connectivity index (χ2n) is 6.80. The summed E-state index contributed by atoms with van der Waals surface area (Å²) in [5.74, 6) is -0.0283. The molecule has 0 radical (unpaired) electrons. The zero-order valence-electron chi connectivity index (χ0n) is 16.2. The molecule has 30 heavy (non-hydrogen) atoms. The van der Waals surface area contributed by atoms with Crippen molar-refractivity contribution in [1.82, 2.24) is 9.97 Å². The number of halogens is 2. The predicted molar refractivity (Wildman–Crippen MR) is 111 cm³/mol. The summed E-state index contributed by atoms with van der Waals surface area (Å²) in [6.45, 7) is 0. The lowest BCUT2D eigenvalue weighted by atomic mass is 10.0. The van der Waals surface area contributed by atoms with Gasteiger partial charge < -0.3 is 15.0 Å². The molecule has 0 atom stereocenters. The Hall–Kier alpha value is -3.74. The van der Waals surface area contributed by atoms with Crippen molar-refractivity contribution in [3.63, 3.8) is 0 Å². The van der Waals surface area contributed by atoms with Gasteiger partial charge >= 0.3 is 0 Å². The molecule has 0 fully saturated rings. The van der Waals surface area contributed by atoms with Crippen LogP contribution in [0.2, 0.25) is 0 Å². The van der Waals surface area contributed by atoms with Gasteiger partial charge in [0, 0.05) is 23.2 Å². The third kappa shape index (κ3) is 4.15. The maximum atomic E-state index is 12.8. The average molecular weight is 407 g/mol. The van der Waals surface area contributed by atoms with Gasteiger partial charge in [0.05, 0.1) is 18.1 Å². The van der Waals surface area contributed by atoms with Crippen molar-refractivity contribution in [2.24, 2.45) is 0 Å². The molecule has 0 saturated heterocycles. The van der Waals surface area contributed by atoms with Crippen molar-refractivity contribution < 1.29 is 18.3 Å². The number of hydrogen-bond donors (Lipinski definition) is 2. The van der Waals surface area contributed by atoms with Gasteiger partial charge in [-0.15, -0.1) is 0 Å². The minimum atomic E-state index is -2.70. The van der Waals surface area contributed by atoms with Crippen molar-refractivity contribution >= 4 is 22.6 Å². The second-order valence-corrected chi connectivity index (χ2v) is 6.80. The summed E-state index contributed by atoms with van der Waals surface area (Å²) in [7, 11) is 1.61. The van der Waals surface area contributed by atoms with Crippen LogP contribution in [0.3, 0.4) is 0 Å². The highest BCUT2D eigenvalue weighted by Crippen LogP contribution is 2.26. The van der Waals surface area contributed by atoms with Crippen LogP contribution < -0.4 is 10.1 Å². The second kappa shape index (κ2) is 8.32. The standard InChI is InChI=1S/C23H19F2N3O2/c1-30-20-10-8-17(12-16(20)11-14-5-3-2-4-6-14)26-23(29)15-7-9-18-19(13-15)28-22(27-18)21(24)25/h2-10,12-13,21H,11H2,1H3,(H,26,29)(H,27,28). The summed E-state index contributed by atoms with van der Waals surface area (Å²) in [4.78, 5) is 19.1. The molecule has 4 aromatic rings. The van der Waals surface area contributed by atoms with E-state index < -0.39 is 12.2 Å². The Bertz CT molecular complexity index is 1190. The molecule has 0 spiro atoms. The zero-order chi connectivity index (χ0) is 21.1. The average Bonchev–Trinajstić information content (AvgIpc) is 3.18. The van der Waals surface area contributed by atoms with E-state index in [1.807, 2.05) is 36.4 Å². The fraction of sp³-hybridized carbons (Fsp3) is 0.130. The first-order chi connectivity index (χ1) is 14.5. The van der Waals surface area contributed by atoms with Gasteiger partial charge in [0.25, 0.3) is 12.3 Å². The Kier molecular flexibility index (Phi) is 5.43. The van der Waals surface area contributed by atoms with Gasteiger partial charge in [-0.05, 0) is 42.0 Å². The van der Waals surface area contributed by atoms with Crippen LogP contribution >= 0.6 is 0 Å². The van der Waals surface area contributed by atoms with E-state index in [-0.39, 0.29) is 5.91 Å². The topological polar surface area (TPSA) is 67.0 Å². The van der Waals surface area contributed by atoms with E-state index in [2.05, 4.69) is 15.3 Å². The van der Waals surface area contributed by atoms with Crippen molar-refractivity contribution in [2.75, 3.05) is 12.4 Å². The number of amides is 1. The predicted octanol–water partition coefficient (Wildman–Crippen LogP) is 5.35. The van der Waals surface area contributed by atoms with Gasteiger partial charge in [-0.25, -0.2) is 13.8 Å². The van der Waals surface area contributed by atoms with Crippen LogP contribution in [0.25, 0.3) is 11.0 Å². The Balaban J connectivity index is 1.56. The van der Waals surface area contributed by atoms with Crippen molar-refractivity contribution in [1.29, 1.82) is 0 Å². The number of aromatic nitrogens is 2. The lowest BCUT2D eigenvalue weighted by Crippen LogP contribution is -2.12. The number of hydrogen-bond acceptors (Lipinski definition) is 3. The molecule has 3 aromatic carbocycles. The van der Waals surface area contributed by atoms with Gasteiger partial charge in [-0.1, -0.05) is 30.3 Å². The third-order valence-corrected chi connectivity index (χ3v) is 4.74. The highest BCUT2D eigenvalue weighted by atomic mass is 19.3. The van der Waals surface area contributed by atoms with E-state index in [9.17, 15) is 13.6 Å². The summed E-state index contributed by atoms with van der Waals surface area (Å²) in [6, 6.07) is 20.0. The Morgan fingerprint density at radius 2 is 1.90 bits per heavy atom. The molecule has 0 unspecified atom stereocenters. The number of carbonyl (C=O) groups excluding carboxylic acids is 1. The number of benzene rings is 3. The summed E-state index contributed by atoms with van der Waals surface area (Å²) in [5, 5.41) is 2.85. The summed E-state index contributed by atoms with van der Waals surface area (Å²) >= 11 is 0. The quantitative estimate of drug-likeness (QED) is 0.453. The van der Waals surface area contributed by atoms with E-state index in [4.69, 9.17) is 4.74 Å². The Morgan fingerprint density at radius 3 is 2.63 bits per heavy atom. The van der Waals surface area contributed by atoms with E-state index in [1.54, 1.807) is 31.4 Å². The maximum Gasteiger partial charge on any atom is 0.295 e. The molecule has 1 heterocycles. The maximum absolute atomic E-state index is 12.8. The van der Waals surface area contributed by atoms with Crippen LogP contribution in [0.4, 0.5) is 14.5 Å². The van der Waals surface area contributed by atoms with E-state index >= 15 is 0 Å². The van der Waals surface area contributed by atoms with Crippen LogP contribution in [0.1, 0.15) is 33.7 Å². The van der Waals surface area contributed by atoms with Gasteiger partial charge in [0.2, 0.25) is 0 Å². The number of rotatable bonds is 6. The number of nitrogens with one attached hydrogen (secondary N) is 2. The number of nitrogens with zero attached hydrogens (tertiary/aromatic N) is 1. The van der Waals surface area contributed by atoms with Crippen LogP contribution in [0.15, 0.2) is 66.7 Å². The molecule has 152 valence electrons. The number of aromatic amines is 1. The van der Waals surface area contributed by atoms with Gasteiger partial charge in [0.15, 0.2) is 5.82 Å². The molecule has 0 bridgehead atoms. The molecule has 0 aliphatic carbocycles. The minimum absolute atomic E-state index is 0.340. The molecule has 7 heteroatoms. The first-order valence-electron chi connectivity index (χ1n) is 9.33. The summed E-state index contributed by atoms with van der Waals surface area (Å²) in [5.41, 5.74) is 3.79. The van der Waals surface area contributed by atoms with E-state index in [0.717, 1.165) is 16.9 Å². The number of methoxy groups -OCH3 is 1. The Labute approximate surface area is 171 Å². The first-order valence-corrected chi connectivity index (χ1v) is 9.33. The van der Waals surface area contributed by atoms with Gasteiger partial charge in [-0.2, -0.15) is 0 Å². The van der Waals surface area contributed by atoms with Gasteiger partial charge in [0.1, 0.15) is 5.75 Å². The number of alkyl halides is 2. The number of imidazole rings is 1. The lowest BCUT2D eigenvalue weighted by molar-refractivity contribution is 0.102. The molecule has 0 aliphatic heterocycles. The van der Waals surface area contributed by atoms with E-state index in [1.165, 1.54) is 6.07 Å². The van der Waals surface area contributed by atoms with Crippen LogP contribution in [-0.4, -0.2) is 23.0 Å². The molecule has 0 aliphatic rings. The summed E-state index contributed by atoms with van der Waals surface area (Å²) < 4.78 is 31.1. The number of anilines is 1. The van der Waals surface area contributed by atoms with Gasteiger partial charge in [-0.3, -0.25) is 4.79 Å². The smallest absolute Gasteiger partial charge is 0.295 e. The highest BCUT2D eigenvalue weighted by molar-refractivity contribution is 6.06.